The van der Waals surface area contributed by atoms with E-state index >= 15 is 0 Å². The summed E-state index contributed by atoms with van der Waals surface area (Å²) in [6.45, 7) is 6.57. The van der Waals surface area contributed by atoms with Crippen LogP contribution >= 0.6 is 0 Å². The van der Waals surface area contributed by atoms with Crippen LogP contribution in [-0.2, 0) is 19.1 Å². The zero-order valence-corrected chi connectivity index (χ0v) is 12.7. The van der Waals surface area contributed by atoms with Gasteiger partial charge >= 0.3 is 5.97 Å². The summed E-state index contributed by atoms with van der Waals surface area (Å²) in [5, 5.41) is 2.89. The summed E-state index contributed by atoms with van der Waals surface area (Å²) < 4.78 is 10.0. The highest BCUT2D eigenvalue weighted by Gasteiger charge is 2.26. The Morgan fingerprint density at radius 2 is 2.00 bits per heavy atom. The third-order valence-electron chi connectivity index (χ3n) is 3.40. The topological polar surface area (TPSA) is 67.9 Å². The summed E-state index contributed by atoms with van der Waals surface area (Å²) in [5.74, 6) is -0.115. The van der Waals surface area contributed by atoms with Crippen molar-refractivity contribution in [3.8, 4) is 0 Å². The van der Waals surface area contributed by atoms with E-state index in [4.69, 9.17) is 9.47 Å². The molecular weight excluding hydrogens is 260 g/mol. The van der Waals surface area contributed by atoms with Crippen LogP contribution in [0.25, 0.3) is 0 Å². The maximum atomic E-state index is 11.8. The van der Waals surface area contributed by atoms with Crippen LogP contribution in [0.3, 0.4) is 0 Å². The molecule has 0 aliphatic carbocycles. The molecule has 1 heterocycles. The predicted octanol–water partition coefficient (Wildman–Crippen LogP) is 0.413. The molecule has 6 nitrogen and oxygen atoms in total. The van der Waals surface area contributed by atoms with E-state index in [0.29, 0.717) is 19.8 Å². The van der Waals surface area contributed by atoms with E-state index in [1.807, 2.05) is 13.8 Å². The molecule has 0 bridgehead atoms. The molecule has 0 aromatic carbocycles. The largest absolute Gasteiger partial charge is 0.466 e. The fourth-order valence-corrected chi connectivity index (χ4v) is 2.40. The predicted molar refractivity (Wildman–Crippen MR) is 75.3 cm³/mol. The molecule has 0 aromatic heterocycles. The zero-order valence-electron chi connectivity index (χ0n) is 12.7. The Morgan fingerprint density at radius 1 is 1.35 bits per heavy atom. The number of carbonyl (C=O) groups is 2. The van der Waals surface area contributed by atoms with Crippen molar-refractivity contribution < 1.29 is 19.1 Å². The van der Waals surface area contributed by atoms with Gasteiger partial charge in [-0.2, -0.15) is 0 Å². The minimum Gasteiger partial charge on any atom is -0.466 e. The third kappa shape index (κ3) is 5.88. The van der Waals surface area contributed by atoms with Gasteiger partial charge in [0.25, 0.3) is 0 Å². The lowest BCUT2D eigenvalue weighted by Crippen LogP contribution is -2.45. The van der Waals surface area contributed by atoms with Crippen molar-refractivity contribution in [2.24, 2.45) is 5.92 Å². The Kier molecular flexibility index (Phi) is 7.54. The molecule has 116 valence electrons. The SMILES string of the molecule is CCOC(=O)C1CCN(CC(=O)NC(C)COC)CC1. The van der Waals surface area contributed by atoms with Gasteiger partial charge in [0, 0.05) is 13.2 Å². The number of nitrogens with zero attached hydrogens (tertiary/aromatic N) is 1. The van der Waals surface area contributed by atoms with Gasteiger partial charge in [0.2, 0.25) is 5.91 Å². The lowest BCUT2D eigenvalue weighted by atomic mass is 9.97. The number of nitrogens with one attached hydrogen (secondary N) is 1. The number of amides is 1. The molecule has 1 rings (SSSR count). The van der Waals surface area contributed by atoms with Crippen LogP contribution < -0.4 is 5.32 Å². The number of methoxy groups -OCH3 is 1. The van der Waals surface area contributed by atoms with E-state index in [1.54, 1.807) is 7.11 Å². The van der Waals surface area contributed by atoms with Crippen LogP contribution in [0.2, 0.25) is 0 Å². The van der Waals surface area contributed by atoms with E-state index in [2.05, 4.69) is 10.2 Å². The maximum absolute atomic E-state index is 11.8. The van der Waals surface area contributed by atoms with Gasteiger partial charge in [0.15, 0.2) is 0 Å². The van der Waals surface area contributed by atoms with Crippen LogP contribution in [0.4, 0.5) is 0 Å². The molecule has 0 saturated carbocycles. The summed E-state index contributed by atoms with van der Waals surface area (Å²) >= 11 is 0. The van der Waals surface area contributed by atoms with Crippen molar-refractivity contribution in [2.75, 3.05) is 40.0 Å². The quantitative estimate of drug-likeness (QED) is 0.687. The summed E-state index contributed by atoms with van der Waals surface area (Å²) in [7, 11) is 1.61. The lowest BCUT2D eigenvalue weighted by molar-refractivity contribution is -0.149. The number of ether oxygens (including phenoxy) is 2. The lowest BCUT2D eigenvalue weighted by Gasteiger charge is -2.30. The van der Waals surface area contributed by atoms with Gasteiger partial charge in [-0.05, 0) is 39.8 Å². The minimum atomic E-state index is -0.106. The zero-order chi connectivity index (χ0) is 15.0. The van der Waals surface area contributed by atoms with Gasteiger partial charge in [-0.25, -0.2) is 0 Å². The van der Waals surface area contributed by atoms with E-state index in [9.17, 15) is 9.59 Å². The fraction of sp³-hybridized carbons (Fsp3) is 0.857. The van der Waals surface area contributed by atoms with Gasteiger partial charge < -0.3 is 14.8 Å². The normalized spacial score (nSPS) is 18.6. The first kappa shape index (κ1) is 16.9. The van der Waals surface area contributed by atoms with Crippen LogP contribution in [0.5, 0.6) is 0 Å². The Balaban J connectivity index is 2.25. The van der Waals surface area contributed by atoms with Gasteiger partial charge in [0.1, 0.15) is 0 Å². The molecule has 0 radical (unpaired) electrons. The number of esters is 1. The monoisotopic (exact) mass is 286 g/mol. The number of rotatable bonds is 7. The molecule has 0 aromatic rings. The molecule has 6 heteroatoms. The average Bonchev–Trinajstić information content (AvgIpc) is 2.39. The van der Waals surface area contributed by atoms with Crippen LogP contribution in [0, 0.1) is 5.92 Å². The fourth-order valence-electron chi connectivity index (χ4n) is 2.40. The molecule has 1 saturated heterocycles. The third-order valence-corrected chi connectivity index (χ3v) is 3.40. The van der Waals surface area contributed by atoms with Crippen LogP contribution in [0.15, 0.2) is 0 Å². The van der Waals surface area contributed by atoms with Gasteiger partial charge in [0.05, 0.1) is 25.7 Å². The molecule has 1 unspecified atom stereocenters. The Labute approximate surface area is 120 Å². The second-order valence-electron chi connectivity index (χ2n) is 5.23. The number of hydrogen-bond donors (Lipinski definition) is 1. The van der Waals surface area contributed by atoms with Crippen molar-refractivity contribution >= 4 is 11.9 Å². The molecule has 0 spiro atoms. The molecule has 1 aliphatic heterocycles. The first-order valence-electron chi connectivity index (χ1n) is 7.24. The first-order chi connectivity index (χ1) is 9.56. The maximum Gasteiger partial charge on any atom is 0.309 e. The van der Waals surface area contributed by atoms with Gasteiger partial charge in [-0.1, -0.05) is 0 Å². The van der Waals surface area contributed by atoms with Gasteiger partial charge in [-0.3, -0.25) is 14.5 Å². The summed E-state index contributed by atoms with van der Waals surface area (Å²) in [5.41, 5.74) is 0. The number of likely N-dealkylation sites (tertiary alicyclic amines) is 1. The molecule has 20 heavy (non-hydrogen) atoms. The van der Waals surface area contributed by atoms with E-state index in [0.717, 1.165) is 25.9 Å². The van der Waals surface area contributed by atoms with Gasteiger partial charge in [-0.15, -0.1) is 0 Å². The molecule has 1 amide bonds. The first-order valence-corrected chi connectivity index (χ1v) is 7.24. The minimum absolute atomic E-state index is 0.00383. The van der Waals surface area contributed by atoms with Crippen LogP contribution in [-0.4, -0.2) is 62.8 Å². The number of carbonyl (C=O) groups excluding carboxylic acids is 2. The second-order valence-corrected chi connectivity index (χ2v) is 5.23. The molecule has 1 atom stereocenters. The highest BCUT2D eigenvalue weighted by Crippen LogP contribution is 2.18. The smallest absolute Gasteiger partial charge is 0.309 e. The highest BCUT2D eigenvalue weighted by atomic mass is 16.5. The van der Waals surface area contributed by atoms with E-state index in [-0.39, 0.29) is 23.8 Å². The van der Waals surface area contributed by atoms with Crippen molar-refractivity contribution in [1.29, 1.82) is 0 Å². The summed E-state index contributed by atoms with van der Waals surface area (Å²) in [4.78, 5) is 25.5. The van der Waals surface area contributed by atoms with E-state index < -0.39 is 0 Å². The number of piperidine rings is 1. The molecule has 1 aliphatic rings. The van der Waals surface area contributed by atoms with Crippen molar-refractivity contribution in [2.45, 2.75) is 32.7 Å². The Morgan fingerprint density at radius 3 is 2.55 bits per heavy atom. The van der Waals surface area contributed by atoms with Crippen molar-refractivity contribution in [3.05, 3.63) is 0 Å². The van der Waals surface area contributed by atoms with Crippen molar-refractivity contribution in [1.82, 2.24) is 10.2 Å². The Bertz CT molecular complexity index is 314. The molecular formula is C14H26N2O4. The number of hydrogen-bond acceptors (Lipinski definition) is 5. The Hall–Kier alpha value is -1.14. The average molecular weight is 286 g/mol. The van der Waals surface area contributed by atoms with E-state index in [1.165, 1.54) is 0 Å². The highest BCUT2D eigenvalue weighted by molar-refractivity contribution is 5.78. The van der Waals surface area contributed by atoms with Crippen molar-refractivity contribution in [3.63, 3.8) is 0 Å². The summed E-state index contributed by atoms with van der Waals surface area (Å²) in [6, 6.07) is 0.0181. The molecule has 1 fully saturated rings. The second kappa shape index (κ2) is 8.92. The summed E-state index contributed by atoms with van der Waals surface area (Å²) in [6.07, 6.45) is 1.53. The standard InChI is InChI=1S/C14H26N2O4/c1-4-20-14(18)12-5-7-16(8-6-12)9-13(17)15-11(2)10-19-3/h11-12H,4-10H2,1-3H3,(H,15,17). The molecule has 1 N–H and O–H groups in total. The van der Waals surface area contributed by atoms with Crippen LogP contribution in [0.1, 0.15) is 26.7 Å².